The van der Waals surface area contributed by atoms with Crippen LogP contribution in [0.25, 0.3) is 0 Å². The molecule has 0 spiro atoms. The summed E-state index contributed by atoms with van der Waals surface area (Å²) in [6.45, 7) is 8.20. The Kier molecular flexibility index (Phi) is 5.54. The van der Waals surface area contributed by atoms with Crippen LogP contribution < -0.4 is 4.90 Å². The number of rotatable bonds is 4. The molecule has 0 radical (unpaired) electrons. The second kappa shape index (κ2) is 6.84. The summed E-state index contributed by atoms with van der Waals surface area (Å²) in [6, 6.07) is 4.44. The lowest BCUT2D eigenvalue weighted by molar-refractivity contribution is -0.906. The van der Waals surface area contributed by atoms with Gasteiger partial charge in [0.05, 0.1) is 37.6 Å². The number of quaternary nitrogens is 1. The lowest BCUT2D eigenvalue weighted by Gasteiger charge is -2.32. The van der Waals surface area contributed by atoms with Crippen molar-refractivity contribution in [1.29, 1.82) is 0 Å². The van der Waals surface area contributed by atoms with E-state index in [4.69, 9.17) is 23.2 Å². The van der Waals surface area contributed by atoms with Gasteiger partial charge in [-0.15, -0.1) is 0 Å². The quantitative estimate of drug-likeness (QED) is 0.893. The van der Waals surface area contributed by atoms with Crippen LogP contribution in [0.4, 0.5) is 0 Å². The molecule has 1 heterocycles. The topological polar surface area (TPSA) is 41.8 Å². The molecule has 0 atom stereocenters. The molecule has 0 unspecified atom stereocenters. The molecule has 2 rings (SSSR count). The fourth-order valence-electron chi connectivity index (χ4n) is 2.65. The zero-order valence-corrected chi connectivity index (χ0v) is 14.6. The van der Waals surface area contributed by atoms with E-state index >= 15 is 0 Å². The van der Waals surface area contributed by atoms with Gasteiger partial charge in [0.1, 0.15) is 0 Å². The predicted molar refractivity (Wildman–Crippen MR) is 85.6 cm³/mol. The summed E-state index contributed by atoms with van der Waals surface area (Å²) >= 11 is 11.8. The maximum atomic E-state index is 12.6. The molecule has 118 valence electrons. The summed E-state index contributed by atoms with van der Waals surface area (Å²) in [5.41, 5.74) is 0. The Morgan fingerprint density at radius 2 is 1.67 bits per heavy atom. The number of sulfonamides is 1. The lowest BCUT2D eigenvalue weighted by atomic mass is 10.2. The molecule has 1 aromatic carbocycles. The van der Waals surface area contributed by atoms with Crippen molar-refractivity contribution < 1.29 is 13.3 Å². The molecule has 7 heteroatoms. The summed E-state index contributed by atoms with van der Waals surface area (Å²) in [5, 5.41) is 0.676. The van der Waals surface area contributed by atoms with Gasteiger partial charge in [0, 0.05) is 16.0 Å². The molecule has 1 N–H and O–H groups in total. The summed E-state index contributed by atoms with van der Waals surface area (Å²) in [5.74, 6) is 0.620. The second-order valence-electron chi connectivity index (χ2n) is 5.86. The Balaban J connectivity index is 2.11. The Morgan fingerprint density at radius 3 is 2.14 bits per heavy atom. The number of piperazine rings is 1. The minimum absolute atomic E-state index is 0.173. The van der Waals surface area contributed by atoms with Gasteiger partial charge in [-0.2, -0.15) is 4.31 Å². The number of hydrogen-bond donors (Lipinski definition) is 1. The molecular formula is C14H21Cl2N2O2S+. The van der Waals surface area contributed by atoms with Gasteiger partial charge < -0.3 is 4.90 Å². The average molecular weight is 352 g/mol. The zero-order valence-electron chi connectivity index (χ0n) is 12.3. The van der Waals surface area contributed by atoms with Crippen LogP contribution in [0.3, 0.4) is 0 Å². The summed E-state index contributed by atoms with van der Waals surface area (Å²) in [6.07, 6.45) is 0. The number of hydrogen-bond acceptors (Lipinski definition) is 2. The number of benzene rings is 1. The molecule has 4 nitrogen and oxygen atoms in total. The SMILES string of the molecule is CC(C)C[NH+]1CCN(S(=O)(=O)c2cc(Cl)cc(Cl)c2)CC1. The van der Waals surface area contributed by atoms with Crippen molar-refractivity contribution in [3.8, 4) is 0 Å². The van der Waals surface area contributed by atoms with Crippen LogP contribution in [-0.2, 0) is 10.0 Å². The number of nitrogens with one attached hydrogen (secondary N) is 1. The molecule has 0 saturated carbocycles. The van der Waals surface area contributed by atoms with Crippen molar-refractivity contribution in [3.05, 3.63) is 28.2 Å². The summed E-state index contributed by atoms with van der Waals surface area (Å²) < 4.78 is 26.8. The van der Waals surface area contributed by atoms with E-state index in [9.17, 15) is 8.42 Å². The Hall–Kier alpha value is -0.330. The van der Waals surface area contributed by atoms with E-state index in [1.165, 1.54) is 27.4 Å². The van der Waals surface area contributed by atoms with Crippen LogP contribution in [0, 0.1) is 5.92 Å². The van der Waals surface area contributed by atoms with Gasteiger partial charge >= 0.3 is 0 Å². The summed E-state index contributed by atoms with van der Waals surface area (Å²) in [7, 11) is -3.51. The third kappa shape index (κ3) is 4.33. The monoisotopic (exact) mass is 351 g/mol. The van der Waals surface area contributed by atoms with E-state index < -0.39 is 10.0 Å². The molecule has 1 fully saturated rings. The Bertz CT molecular complexity index is 577. The van der Waals surface area contributed by atoms with Crippen LogP contribution in [0.1, 0.15) is 13.8 Å². The van der Waals surface area contributed by atoms with Crippen LogP contribution >= 0.6 is 23.2 Å². The highest BCUT2D eigenvalue weighted by molar-refractivity contribution is 7.89. The highest BCUT2D eigenvalue weighted by Gasteiger charge is 2.30. The van der Waals surface area contributed by atoms with Crippen molar-refractivity contribution in [2.45, 2.75) is 18.7 Å². The van der Waals surface area contributed by atoms with Crippen molar-refractivity contribution in [1.82, 2.24) is 4.31 Å². The predicted octanol–water partition coefficient (Wildman–Crippen LogP) is 1.54. The molecule has 21 heavy (non-hydrogen) atoms. The van der Waals surface area contributed by atoms with Crippen molar-refractivity contribution >= 4 is 33.2 Å². The van der Waals surface area contributed by atoms with E-state index in [0.717, 1.165) is 19.6 Å². The highest BCUT2D eigenvalue weighted by atomic mass is 35.5. The third-order valence-corrected chi connectivity index (χ3v) is 5.91. The van der Waals surface area contributed by atoms with E-state index in [2.05, 4.69) is 13.8 Å². The largest absolute Gasteiger partial charge is 0.333 e. The average Bonchev–Trinajstić information content (AvgIpc) is 2.37. The highest BCUT2D eigenvalue weighted by Crippen LogP contribution is 2.24. The summed E-state index contributed by atoms with van der Waals surface area (Å²) in [4.78, 5) is 1.63. The maximum absolute atomic E-state index is 12.6. The normalized spacial score (nSPS) is 18.3. The smallest absolute Gasteiger partial charge is 0.243 e. The fraction of sp³-hybridized carbons (Fsp3) is 0.571. The Labute approximate surface area is 136 Å². The van der Waals surface area contributed by atoms with Crippen LogP contribution in [-0.4, -0.2) is 45.4 Å². The van der Waals surface area contributed by atoms with Crippen LogP contribution in [0.5, 0.6) is 0 Å². The molecule has 0 bridgehead atoms. The molecule has 1 aliphatic heterocycles. The zero-order chi connectivity index (χ0) is 15.6. The van der Waals surface area contributed by atoms with Crippen LogP contribution in [0.2, 0.25) is 10.0 Å². The molecule has 0 aromatic heterocycles. The molecule has 1 aromatic rings. The molecular weight excluding hydrogens is 331 g/mol. The molecule has 1 aliphatic rings. The molecule has 1 saturated heterocycles. The molecule has 0 amide bonds. The third-order valence-electron chi connectivity index (χ3n) is 3.60. The standard InChI is InChI=1S/C14H20Cl2N2O2S/c1-11(2)10-17-3-5-18(6-4-17)21(19,20)14-8-12(15)7-13(16)9-14/h7-9,11H,3-6,10H2,1-2H3/p+1. The van der Waals surface area contributed by atoms with E-state index in [1.54, 1.807) is 0 Å². The van der Waals surface area contributed by atoms with E-state index in [0.29, 0.717) is 29.1 Å². The van der Waals surface area contributed by atoms with Gasteiger partial charge in [-0.25, -0.2) is 8.42 Å². The molecule has 0 aliphatic carbocycles. The van der Waals surface area contributed by atoms with Gasteiger partial charge in [0.15, 0.2) is 0 Å². The van der Waals surface area contributed by atoms with Crippen molar-refractivity contribution in [3.63, 3.8) is 0 Å². The van der Waals surface area contributed by atoms with Gasteiger partial charge in [-0.3, -0.25) is 0 Å². The van der Waals surface area contributed by atoms with Crippen molar-refractivity contribution in [2.75, 3.05) is 32.7 Å². The first-order valence-electron chi connectivity index (χ1n) is 7.09. The van der Waals surface area contributed by atoms with Gasteiger partial charge in [-0.05, 0) is 18.2 Å². The minimum atomic E-state index is -3.51. The first-order chi connectivity index (χ1) is 9.79. The second-order valence-corrected chi connectivity index (χ2v) is 8.67. The fourth-order valence-corrected chi connectivity index (χ4v) is 4.82. The number of halogens is 2. The Morgan fingerprint density at radius 1 is 1.14 bits per heavy atom. The van der Waals surface area contributed by atoms with Gasteiger partial charge in [-0.1, -0.05) is 37.0 Å². The first-order valence-corrected chi connectivity index (χ1v) is 9.28. The number of nitrogens with zero attached hydrogens (tertiary/aromatic N) is 1. The van der Waals surface area contributed by atoms with E-state index in [1.807, 2.05) is 0 Å². The maximum Gasteiger partial charge on any atom is 0.243 e. The van der Waals surface area contributed by atoms with Gasteiger partial charge in [0.2, 0.25) is 10.0 Å². The van der Waals surface area contributed by atoms with Crippen LogP contribution in [0.15, 0.2) is 23.1 Å². The van der Waals surface area contributed by atoms with E-state index in [-0.39, 0.29) is 4.90 Å². The van der Waals surface area contributed by atoms with Crippen molar-refractivity contribution in [2.24, 2.45) is 5.92 Å². The first kappa shape index (κ1) is 17.0. The minimum Gasteiger partial charge on any atom is -0.333 e. The van der Waals surface area contributed by atoms with Gasteiger partial charge in [0.25, 0.3) is 0 Å². The lowest BCUT2D eigenvalue weighted by Crippen LogP contribution is -3.15.